The molecule has 2 rings (SSSR count). The van der Waals surface area contributed by atoms with E-state index < -0.39 is 0 Å². The Morgan fingerprint density at radius 1 is 1.00 bits per heavy atom. The molecule has 1 unspecified atom stereocenters. The molecule has 0 radical (unpaired) electrons. The summed E-state index contributed by atoms with van der Waals surface area (Å²) >= 11 is 4.42. The molecule has 92 valence electrons. The number of esters is 1. The van der Waals surface area contributed by atoms with Crippen molar-refractivity contribution in [2.45, 2.75) is 11.7 Å². The van der Waals surface area contributed by atoms with E-state index in [2.05, 4.69) is 12.6 Å². The van der Waals surface area contributed by atoms with Gasteiger partial charge in [0.15, 0.2) is 0 Å². The molecule has 18 heavy (non-hydrogen) atoms. The van der Waals surface area contributed by atoms with Crippen molar-refractivity contribution >= 4 is 18.6 Å². The van der Waals surface area contributed by atoms with Gasteiger partial charge in [-0.05, 0) is 17.7 Å². The molecule has 1 atom stereocenters. The average Bonchev–Trinajstić information content (AvgIpc) is 2.40. The molecule has 0 bridgehead atoms. The molecule has 0 saturated carbocycles. The van der Waals surface area contributed by atoms with Crippen LogP contribution in [0.15, 0.2) is 60.7 Å². The summed E-state index contributed by atoms with van der Waals surface area (Å²) in [5, 5.41) is -0.137. The van der Waals surface area contributed by atoms with Gasteiger partial charge in [-0.15, -0.1) is 0 Å². The van der Waals surface area contributed by atoms with E-state index in [1.807, 2.05) is 48.5 Å². The van der Waals surface area contributed by atoms with Crippen LogP contribution in [0, 0.1) is 0 Å². The van der Waals surface area contributed by atoms with Crippen molar-refractivity contribution < 1.29 is 9.53 Å². The number of hydrogen-bond donors (Lipinski definition) is 1. The van der Waals surface area contributed by atoms with Gasteiger partial charge in [0, 0.05) is 5.25 Å². The predicted octanol–water partition coefficient (Wildman–Crippen LogP) is 3.65. The van der Waals surface area contributed by atoms with E-state index in [4.69, 9.17) is 4.74 Å². The molecule has 0 aliphatic carbocycles. The minimum Gasteiger partial charge on any atom is -0.426 e. The maximum absolute atomic E-state index is 11.7. The number of carbonyl (C=O) groups excluding carboxylic acids is 1. The molecule has 0 aliphatic heterocycles. The van der Waals surface area contributed by atoms with Gasteiger partial charge in [-0.1, -0.05) is 48.5 Å². The smallest absolute Gasteiger partial charge is 0.312 e. The van der Waals surface area contributed by atoms with Gasteiger partial charge in [0.25, 0.3) is 0 Å². The third kappa shape index (κ3) is 3.64. The molecule has 2 aromatic carbocycles. The topological polar surface area (TPSA) is 26.3 Å². The average molecular weight is 258 g/mol. The second-order valence-electron chi connectivity index (χ2n) is 3.92. The van der Waals surface area contributed by atoms with E-state index >= 15 is 0 Å². The lowest BCUT2D eigenvalue weighted by Gasteiger charge is -2.10. The second kappa shape index (κ2) is 6.26. The van der Waals surface area contributed by atoms with Crippen LogP contribution in [-0.2, 0) is 4.79 Å². The Morgan fingerprint density at radius 3 is 2.17 bits per heavy atom. The highest BCUT2D eigenvalue weighted by atomic mass is 32.1. The normalized spacial score (nSPS) is 11.8. The fourth-order valence-electron chi connectivity index (χ4n) is 1.61. The van der Waals surface area contributed by atoms with Crippen LogP contribution in [0.25, 0.3) is 0 Å². The summed E-state index contributed by atoms with van der Waals surface area (Å²) in [5.74, 6) is 0.293. The van der Waals surface area contributed by atoms with Crippen LogP contribution in [0.2, 0.25) is 0 Å². The standard InChI is InChI=1S/C15H14O2S/c16-15(17-13-9-5-2-6-10-13)11-14(18)12-7-3-1-4-8-12/h1-10,14,18H,11H2. The van der Waals surface area contributed by atoms with Gasteiger partial charge in [0.05, 0.1) is 6.42 Å². The Balaban J connectivity index is 1.92. The van der Waals surface area contributed by atoms with Gasteiger partial charge < -0.3 is 4.74 Å². The quantitative estimate of drug-likeness (QED) is 0.514. The minimum absolute atomic E-state index is 0.137. The van der Waals surface area contributed by atoms with Gasteiger partial charge in [-0.25, -0.2) is 0 Å². The maximum atomic E-state index is 11.7. The van der Waals surface area contributed by atoms with Gasteiger partial charge >= 0.3 is 5.97 Å². The molecule has 2 aromatic rings. The van der Waals surface area contributed by atoms with Crippen molar-refractivity contribution in [1.29, 1.82) is 0 Å². The number of carbonyl (C=O) groups is 1. The van der Waals surface area contributed by atoms with Crippen LogP contribution < -0.4 is 4.74 Å². The zero-order chi connectivity index (χ0) is 12.8. The molecule has 2 nitrogen and oxygen atoms in total. The van der Waals surface area contributed by atoms with E-state index in [1.54, 1.807) is 12.1 Å². The third-order valence-electron chi connectivity index (χ3n) is 2.52. The van der Waals surface area contributed by atoms with Crippen LogP contribution in [0.5, 0.6) is 5.75 Å². The summed E-state index contributed by atoms with van der Waals surface area (Å²) < 4.78 is 5.22. The van der Waals surface area contributed by atoms with E-state index in [9.17, 15) is 4.79 Å². The van der Waals surface area contributed by atoms with Gasteiger partial charge in [0.1, 0.15) is 5.75 Å². The maximum Gasteiger partial charge on any atom is 0.312 e. The number of benzene rings is 2. The Bertz CT molecular complexity index is 496. The van der Waals surface area contributed by atoms with E-state index in [0.29, 0.717) is 5.75 Å². The number of rotatable bonds is 4. The van der Waals surface area contributed by atoms with E-state index in [1.165, 1.54) is 0 Å². The molecule has 0 spiro atoms. The molecule has 0 saturated heterocycles. The first kappa shape index (κ1) is 12.7. The molecule has 0 N–H and O–H groups in total. The lowest BCUT2D eigenvalue weighted by Crippen LogP contribution is -2.10. The zero-order valence-electron chi connectivity index (χ0n) is 9.82. The van der Waals surface area contributed by atoms with Crippen LogP contribution in [0.1, 0.15) is 17.2 Å². The molecule has 0 fully saturated rings. The summed E-state index contributed by atoms with van der Waals surface area (Å²) in [6, 6.07) is 18.8. The first-order chi connectivity index (χ1) is 8.75. The molecule has 0 aliphatic rings. The summed E-state index contributed by atoms with van der Waals surface area (Å²) in [5.41, 5.74) is 1.02. The Labute approximate surface area is 112 Å². The fourth-order valence-corrected chi connectivity index (χ4v) is 1.93. The number of para-hydroxylation sites is 1. The fraction of sp³-hybridized carbons (Fsp3) is 0.133. The van der Waals surface area contributed by atoms with Crippen molar-refractivity contribution in [3.05, 3.63) is 66.2 Å². The lowest BCUT2D eigenvalue weighted by atomic mass is 10.1. The largest absolute Gasteiger partial charge is 0.426 e. The van der Waals surface area contributed by atoms with Gasteiger partial charge in [-0.3, -0.25) is 4.79 Å². The van der Waals surface area contributed by atoms with E-state index in [0.717, 1.165) is 5.56 Å². The summed E-state index contributed by atoms with van der Waals surface area (Å²) in [6.07, 6.45) is 0.252. The highest BCUT2D eigenvalue weighted by Gasteiger charge is 2.13. The first-order valence-corrected chi connectivity index (χ1v) is 6.26. The third-order valence-corrected chi connectivity index (χ3v) is 3.00. The molecular weight excluding hydrogens is 244 g/mol. The molecule has 0 heterocycles. The zero-order valence-corrected chi connectivity index (χ0v) is 10.7. The Hall–Kier alpha value is -1.74. The molecule has 3 heteroatoms. The summed E-state index contributed by atoms with van der Waals surface area (Å²) in [7, 11) is 0. The number of thiol groups is 1. The first-order valence-electron chi connectivity index (χ1n) is 5.74. The van der Waals surface area contributed by atoms with Crippen molar-refractivity contribution in [3.63, 3.8) is 0 Å². The molecule has 0 amide bonds. The Morgan fingerprint density at radius 2 is 1.56 bits per heavy atom. The predicted molar refractivity (Wildman–Crippen MR) is 74.9 cm³/mol. The summed E-state index contributed by atoms with van der Waals surface area (Å²) in [4.78, 5) is 11.7. The summed E-state index contributed by atoms with van der Waals surface area (Å²) in [6.45, 7) is 0. The number of hydrogen-bond acceptors (Lipinski definition) is 3. The highest BCUT2D eigenvalue weighted by Crippen LogP contribution is 2.24. The SMILES string of the molecule is O=C(CC(S)c1ccccc1)Oc1ccccc1. The highest BCUT2D eigenvalue weighted by molar-refractivity contribution is 7.80. The van der Waals surface area contributed by atoms with Crippen LogP contribution in [0.3, 0.4) is 0 Å². The van der Waals surface area contributed by atoms with Gasteiger partial charge in [0.2, 0.25) is 0 Å². The number of ether oxygens (including phenoxy) is 1. The van der Waals surface area contributed by atoms with Crippen molar-refractivity contribution in [1.82, 2.24) is 0 Å². The van der Waals surface area contributed by atoms with Gasteiger partial charge in [-0.2, -0.15) is 12.6 Å². The monoisotopic (exact) mass is 258 g/mol. The van der Waals surface area contributed by atoms with Crippen LogP contribution >= 0.6 is 12.6 Å². The Kier molecular flexibility index (Phi) is 4.42. The van der Waals surface area contributed by atoms with E-state index in [-0.39, 0.29) is 17.6 Å². The second-order valence-corrected chi connectivity index (χ2v) is 4.54. The van der Waals surface area contributed by atoms with Crippen molar-refractivity contribution in [3.8, 4) is 5.75 Å². The molecular formula is C15H14O2S. The minimum atomic E-state index is -0.273. The molecule has 0 aromatic heterocycles. The van der Waals surface area contributed by atoms with Crippen LogP contribution in [0.4, 0.5) is 0 Å². The van der Waals surface area contributed by atoms with Crippen molar-refractivity contribution in [2.75, 3.05) is 0 Å². The van der Waals surface area contributed by atoms with Crippen LogP contribution in [-0.4, -0.2) is 5.97 Å². The lowest BCUT2D eigenvalue weighted by molar-refractivity contribution is -0.134. The van der Waals surface area contributed by atoms with Crippen molar-refractivity contribution in [2.24, 2.45) is 0 Å².